The minimum Gasteiger partial charge on any atom is -0.496 e. The lowest BCUT2D eigenvalue weighted by atomic mass is 10.1. The summed E-state index contributed by atoms with van der Waals surface area (Å²) in [5, 5.41) is 11.1. The lowest BCUT2D eigenvalue weighted by molar-refractivity contribution is -0.116. The molecule has 0 aromatic heterocycles. The molecule has 0 saturated heterocycles. The number of carbonyl (C=O) groups is 1. The summed E-state index contributed by atoms with van der Waals surface area (Å²) in [6, 6.07) is 20.2. The topological polar surface area (TPSA) is 69.5 Å². The summed E-state index contributed by atoms with van der Waals surface area (Å²) in [7, 11) is 1.63. The van der Waals surface area contributed by atoms with E-state index in [0.717, 1.165) is 24.3 Å². The van der Waals surface area contributed by atoms with Crippen LogP contribution >= 0.6 is 11.8 Å². The maximum Gasteiger partial charge on any atom is 0.276 e. The molecule has 5 rings (SSSR count). The normalized spacial score (nSPS) is 16.3. The highest BCUT2D eigenvalue weighted by Gasteiger charge is 2.35. The molecule has 37 heavy (non-hydrogen) atoms. The van der Waals surface area contributed by atoms with Crippen LogP contribution in [0, 0.1) is 5.82 Å². The number of carbonyl (C=O) groups excluding carboxylic acids is 1. The van der Waals surface area contributed by atoms with E-state index < -0.39 is 6.17 Å². The molecule has 0 unspecified atom stereocenters. The van der Waals surface area contributed by atoms with Gasteiger partial charge < -0.3 is 9.64 Å². The predicted octanol–water partition coefficient (Wildman–Crippen LogP) is 3.76. The van der Waals surface area contributed by atoms with Gasteiger partial charge in [-0.3, -0.25) is 15.1 Å². The molecule has 0 fully saturated rings. The van der Waals surface area contributed by atoms with Crippen LogP contribution in [0.3, 0.4) is 0 Å². The van der Waals surface area contributed by atoms with Crippen molar-refractivity contribution in [3.05, 3.63) is 94.3 Å². The quantitative estimate of drug-likeness (QED) is 0.517. The summed E-state index contributed by atoms with van der Waals surface area (Å²) in [5.41, 5.74) is 2.80. The highest BCUT2D eigenvalue weighted by atomic mass is 32.2. The zero-order valence-electron chi connectivity index (χ0n) is 20.9. The molecular weight excluding hydrogens is 489 g/mol. The fraction of sp³-hybridized carbons (Fsp3) is 0.250. The third-order valence-corrected chi connectivity index (χ3v) is 7.37. The Morgan fingerprint density at radius 3 is 2.59 bits per heavy atom. The largest absolute Gasteiger partial charge is 0.496 e. The summed E-state index contributed by atoms with van der Waals surface area (Å²) in [4.78, 5) is 20.6. The molecule has 3 aromatic carbocycles. The standard InChI is InChI=1S/C28H28FN5O2S/c1-4-33(5-2)19-14-15-21(24(16-19)36-3)26-30-23-13-9-7-11-20(23)25-27(35)31-28(32-34(25)26)37-17-18-10-6-8-12-22(18)29/h6-16,26H,4-5,17H2,1-3H3,(H,31,32,35)/t26-/m0/s1. The summed E-state index contributed by atoms with van der Waals surface area (Å²) < 4.78 is 20.0. The van der Waals surface area contributed by atoms with Gasteiger partial charge >= 0.3 is 0 Å². The van der Waals surface area contributed by atoms with Gasteiger partial charge in [0, 0.05) is 41.4 Å². The van der Waals surface area contributed by atoms with Gasteiger partial charge in [0.1, 0.15) is 17.3 Å². The van der Waals surface area contributed by atoms with Gasteiger partial charge in [0.15, 0.2) is 11.3 Å². The number of methoxy groups -OCH3 is 1. The van der Waals surface area contributed by atoms with Gasteiger partial charge in [0.05, 0.1) is 12.5 Å². The number of hydrogen-bond acceptors (Lipinski definition) is 7. The van der Waals surface area contributed by atoms with Crippen molar-refractivity contribution < 1.29 is 13.9 Å². The number of nitrogens with zero attached hydrogens (tertiary/aromatic N) is 4. The Kier molecular flexibility index (Phi) is 7.14. The van der Waals surface area contributed by atoms with E-state index in [9.17, 15) is 9.18 Å². The van der Waals surface area contributed by atoms with Gasteiger partial charge in [-0.05, 0) is 43.7 Å². The number of para-hydroxylation sites is 1. The number of anilines is 1. The summed E-state index contributed by atoms with van der Waals surface area (Å²) in [5.74, 6) is 0.424. The maximum atomic E-state index is 14.2. The zero-order chi connectivity index (χ0) is 25.9. The lowest BCUT2D eigenvalue weighted by Gasteiger charge is -2.34. The summed E-state index contributed by atoms with van der Waals surface area (Å²) >= 11 is 1.27. The molecule has 2 heterocycles. The highest BCUT2D eigenvalue weighted by Crippen LogP contribution is 2.37. The molecule has 2 aliphatic rings. The molecule has 0 spiro atoms. The van der Waals surface area contributed by atoms with E-state index in [4.69, 9.17) is 14.8 Å². The van der Waals surface area contributed by atoms with Crippen molar-refractivity contribution >= 4 is 34.2 Å². The number of thioether (sulfide) groups is 1. The lowest BCUT2D eigenvalue weighted by Crippen LogP contribution is -2.50. The molecule has 0 radical (unpaired) electrons. The van der Waals surface area contributed by atoms with Gasteiger partial charge in [-0.1, -0.05) is 48.2 Å². The number of rotatable bonds is 7. The molecule has 1 N–H and O–H groups in total. The smallest absolute Gasteiger partial charge is 0.276 e. The number of nitrogens with one attached hydrogen (secondary N) is 1. The van der Waals surface area contributed by atoms with E-state index in [2.05, 4.69) is 24.1 Å². The second-order valence-electron chi connectivity index (χ2n) is 8.55. The molecular formula is C28H28FN5O2S. The first-order chi connectivity index (χ1) is 18.0. The fourth-order valence-electron chi connectivity index (χ4n) is 4.56. The molecule has 3 aromatic rings. The summed E-state index contributed by atoms with van der Waals surface area (Å²) in [6.07, 6.45) is -0.610. The summed E-state index contributed by atoms with van der Waals surface area (Å²) in [6.45, 7) is 5.97. The van der Waals surface area contributed by atoms with Crippen LogP contribution in [-0.4, -0.2) is 36.3 Å². The Balaban J connectivity index is 1.58. The first-order valence-corrected chi connectivity index (χ1v) is 13.2. The second kappa shape index (κ2) is 10.6. The second-order valence-corrected chi connectivity index (χ2v) is 9.52. The van der Waals surface area contributed by atoms with Gasteiger partial charge in [0.2, 0.25) is 0 Å². The van der Waals surface area contributed by atoms with Crippen molar-refractivity contribution in [3.63, 3.8) is 0 Å². The van der Waals surface area contributed by atoms with Crippen molar-refractivity contribution in [2.45, 2.75) is 25.8 Å². The molecule has 0 saturated carbocycles. The highest BCUT2D eigenvalue weighted by molar-refractivity contribution is 8.13. The Labute approximate surface area is 219 Å². The van der Waals surface area contributed by atoms with Crippen molar-refractivity contribution in [1.82, 2.24) is 10.3 Å². The Bertz CT molecular complexity index is 1490. The first kappa shape index (κ1) is 24.8. The number of benzene rings is 3. The average Bonchev–Trinajstić information content (AvgIpc) is 2.92. The Hall–Kier alpha value is -3.85. The van der Waals surface area contributed by atoms with E-state index in [-0.39, 0.29) is 11.7 Å². The van der Waals surface area contributed by atoms with Crippen molar-refractivity contribution in [2.24, 2.45) is 10.1 Å². The average molecular weight is 518 g/mol. The number of hydrazone groups is 1. The zero-order valence-corrected chi connectivity index (χ0v) is 21.8. The van der Waals surface area contributed by atoms with Crippen LogP contribution in [0.1, 0.15) is 31.1 Å². The number of halogens is 1. The number of fused-ring (bicyclic) bond motifs is 2. The van der Waals surface area contributed by atoms with Gasteiger partial charge in [0.25, 0.3) is 5.91 Å². The monoisotopic (exact) mass is 517 g/mol. The van der Waals surface area contributed by atoms with E-state index in [1.807, 2.05) is 42.5 Å². The van der Waals surface area contributed by atoms with Crippen molar-refractivity contribution in [3.8, 4) is 5.75 Å². The molecule has 0 bridgehead atoms. The van der Waals surface area contributed by atoms with E-state index in [1.165, 1.54) is 17.8 Å². The van der Waals surface area contributed by atoms with Crippen molar-refractivity contribution in [1.29, 1.82) is 0 Å². The third kappa shape index (κ3) is 4.79. The van der Waals surface area contributed by atoms with Crippen LogP contribution in [0.4, 0.5) is 10.1 Å². The molecule has 2 aliphatic heterocycles. The molecule has 0 aliphatic carbocycles. The van der Waals surface area contributed by atoms with E-state index in [1.54, 1.807) is 30.3 Å². The minimum absolute atomic E-state index is 0.280. The number of amidine groups is 1. The van der Waals surface area contributed by atoms with Crippen LogP contribution in [0.25, 0.3) is 5.70 Å². The molecule has 1 amide bonds. The van der Waals surface area contributed by atoms with Crippen LogP contribution < -0.4 is 25.5 Å². The molecule has 7 nitrogen and oxygen atoms in total. The van der Waals surface area contributed by atoms with Gasteiger partial charge in [-0.2, -0.15) is 0 Å². The fourth-order valence-corrected chi connectivity index (χ4v) is 5.39. The molecule has 190 valence electrons. The maximum absolute atomic E-state index is 14.2. The molecule has 9 heteroatoms. The molecule has 1 atom stereocenters. The van der Waals surface area contributed by atoms with Crippen LogP contribution in [-0.2, 0) is 10.5 Å². The van der Waals surface area contributed by atoms with Crippen LogP contribution in [0.2, 0.25) is 0 Å². The Morgan fingerprint density at radius 1 is 1.08 bits per heavy atom. The van der Waals surface area contributed by atoms with E-state index in [0.29, 0.717) is 38.5 Å². The predicted molar refractivity (Wildman–Crippen MR) is 145 cm³/mol. The van der Waals surface area contributed by atoms with Gasteiger partial charge in [-0.15, -0.1) is 5.10 Å². The van der Waals surface area contributed by atoms with Crippen molar-refractivity contribution in [2.75, 3.05) is 25.1 Å². The van der Waals surface area contributed by atoms with Gasteiger partial charge in [-0.25, -0.2) is 9.40 Å². The first-order valence-electron chi connectivity index (χ1n) is 12.2. The number of hydrogen-bond donors (Lipinski definition) is 1. The van der Waals surface area contributed by atoms with Crippen LogP contribution in [0.5, 0.6) is 5.75 Å². The van der Waals surface area contributed by atoms with Crippen LogP contribution in [0.15, 0.2) is 76.8 Å². The number of amides is 1. The Morgan fingerprint density at radius 2 is 1.84 bits per heavy atom. The van der Waals surface area contributed by atoms with E-state index >= 15 is 0 Å². The third-order valence-electron chi connectivity index (χ3n) is 6.46. The number of ether oxygens (including phenoxy) is 1. The minimum atomic E-state index is -0.610. The SMILES string of the molecule is CCN(CC)c1ccc([C@H]2N=c3ccccc3=C3C(=O)NC(SCc4ccccc4F)=NN32)c(OC)c1.